The van der Waals surface area contributed by atoms with Crippen LogP contribution in [0.4, 0.5) is 9.18 Å². The highest BCUT2D eigenvalue weighted by molar-refractivity contribution is 5.74. The maximum atomic E-state index is 12.2. The number of carbonyl (C=O) groups excluding carboxylic acids is 1. The van der Waals surface area contributed by atoms with Crippen LogP contribution in [0.3, 0.4) is 0 Å². The summed E-state index contributed by atoms with van der Waals surface area (Å²) in [6.45, 7) is 0.921. The molecular formula is C16H25FN4O2. The van der Waals surface area contributed by atoms with Gasteiger partial charge in [0.2, 0.25) is 0 Å². The van der Waals surface area contributed by atoms with E-state index in [0.717, 1.165) is 37.9 Å². The summed E-state index contributed by atoms with van der Waals surface area (Å²) in [7, 11) is 0. The number of hydrogen-bond acceptors (Lipinski definition) is 3. The van der Waals surface area contributed by atoms with E-state index in [2.05, 4.69) is 15.7 Å². The van der Waals surface area contributed by atoms with Crippen LogP contribution in [0, 0.1) is 0 Å². The average Bonchev–Trinajstić information content (AvgIpc) is 3.16. The lowest BCUT2D eigenvalue weighted by molar-refractivity contribution is -0.0820. The maximum absolute atomic E-state index is 12.2. The van der Waals surface area contributed by atoms with E-state index in [4.69, 9.17) is 4.74 Å². The lowest BCUT2D eigenvalue weighted by Gasteiger charge is -2.38. The van der Waals surface area contributed by atoms with E-state index < -0.39 is 6.67 Å². The molecule has 128 valence electrons. The molecule has 2 amide bonds. The third-order valence-electron chi connectivity index (χ3n) is 4.80. The molecule has 2 N–H and O–H groups in total. The Morgan fingerprint density at radius 2 is 2.30 bits per heavy atom. The van der Waals surface area contributed by atoms with Gasteiger partial charge >= 0.3 is 6.03 Å². The van der Waals surface area contributed by atoms with Crippen molar-refractivity contribution in [1.82, 2.24) is 20.4 Å². The van der Waals surface area contributed by atoms with Gasteiger partial charge in [-0.3, -0.25) is 4.68 Å². The van der Waals surface area contributed by atoms with Crippen molar-refractivity contribution in [3.05, 3.63) is 18.0 Å². The zero-order valence-electron chi connectivity index (χ0n) is 13.4. The molecule has 2 heterocycles. The summed E-state index contributed by atoms with van der Waals surface area (Å²) >= 11 is 0. The van der Waals surface area contributed by atoms with Gasteiger partial charge in [-0.1, -0.05) is 12.8 Å². The van der Waals surface area contributed by atoms with Crippen LogP contribution in [0.5, 0.6) is 0 Å². The van der Waals surface area contributed by atoms with Gasteiger partial charge in [-0.05, 0) is 25.7 Å². The van der Waals surface area contributed by atoms with Gasteiger partial charge in [-0.25, -0.2) is 9.18 Å². The number of amides is 2. The number of alkyl halides is 1. The number of ether oxygens (including phenoxy) is 1. The lowest BCUT2D eigenvalue weighted by atomic mass is 9.89. The zero-order chi connectivity index (χ0) is 16.1. The summed E-state index contributed by atoms with van der Waals surface area (Å²) in [6, 6.07) is 0.0133. The molecule has 1 unspecified atom stereocenters. The second kappa shape index (κ2) is 7.29. The Balaban J connectivity index is 1.43. The molecule has 23 heavy (non-hydrogen) atoms. The van der Waals surface area contributed by atoms with Gasteiger partial charge in [0.25, 0.3) is 0 Å². The molecule has 1 saturated heterocycles. The molecule has 1 aromatic rings. The van der Waals surface area contributed by atoms with Crippen LogP contribution in [0.2, 0.25) is 0 Å². The van der Waals surface area contributed by atoms with E-state index in [-0.39, 0.29) is 24.2 Å². The SMILES string of the molecule is O=C(NCc1cnn(CCF)c1)NC1CCOC2(CCCC2)C1. The quantitative estimate of drug-likeness (QED) is 0.872. The highest BCUT2D eigenvalue weighted by atomic mass is 19.1. The van der Waals surface area contributed by atoms with E-state index in [1.165, 1.54) is 17.5 Å². The van der Waals surface area contributed by atoms with E-state index in [1.54, 1.807) is 12.4 Å². The fourth-order valence-electron chi connectivity index (χ4n) is 3.64. The topological polar surface area (TPSA) is 68.2 Å². The maximum Gasteiger partial charge on any atom is 0.315 e. The van der Waals surface area contributed by atoms with Crippen molar-refractivity contribution in [3.8, 4) is 0 Å². The Bertz CT molecular complexity index is 528. The lowest BCUT2D eigenvalue weighted by Crippen LogP contribution is -2.49. The molecule has 3 rings (SSSR count). The largest absolute Gasteiger partial charge is 0.375 e. The molecule has 1 aromatic heterocycles. The summed E-state index contributed by atoms with van der Waals surface area (Å²) in [4.78, 5) is 12.1. The van der Waals surface area contributed by atoms with Gasteiger partial charge in [-0.2, -0.15) is 5.10 Å². The van der Waals surface area contributed by atoms with Crippen LogP contribution in [0.1, 0.15) is 44.1 Å². The highest BCUT2D eigenvalue weighted by Crippen LogP contribution is 2.39. The van der Waals surface area contributed by atoms with Gasteiger partial charge in [0.1, 0.15) is 6.67 Å². The Kier molecular flexibility index (Phi) is 5.15. The Labute approximate surface area is 135 Å². The van der Waals surface area contributed by atoms with Gasteiger partial charge < -0.3 is 15.4 Å². The van der Waals surface area contributed by atoms with Crippen molar-refractivity contribution in [1.29, 1.82) is 0 Å². The number of aromatic nitrogens is 2. The van der Waals surface area contributed by atoms with Crippen LogP contribution in [-0.4, -0.2) is 40.7 Å². The molecule has 1 atom stereocenters. The molecule has 0 radical (unpaired) electrons. The van der Waals surface area contributed by atoms with E-state index in [0.29, 0.717) is 6.54 Å². The summed E-state index contributed by atoms with van der Waals surface area (Å²) in [5, 5.41) is 9.93. The van der Waals surface area contributed by atoms with Gasteiger partial charge in [0.15, 0.2) is 0 Å². The minimum Gasteiger partial charge on any atom is -0.375 e. The van der Waals surface area contributed by atoms with Gasteiger partial charge in [-0.15, -0.1) is 0 Å². The summed E-state index contributed by atoms with van der Waals surface area (Å²) < 4.78 is 19.8. The Morgan fingerprint density at radius 3 is 3.09 bits per heavy atom. The predicted octanol–water partition coefficient (Wildman–Crippen LogP) is 2.14. The Hall–Kier alpha value is -1.63. The van der Waals surface area contributed by atoms with Crippen LogP contribution in [-0.2, 0) is 17.8 Å². The molecule has 1 aliphatic carbocycles. The molecule has 2 aliphatic rings. The molecule has 6 nitrogen and oxygen atoms in total. The summed E-state index contributed by atoms with van der Waals surface area (Å²) in [6.07, 6.45) is 9.85. The van der Waals surface area contributed by atoms with E-state index in [9.17, 15) is 9.18 Å². The van der Waals surface area contributed by atoms with E-state index >= 15 is 0 Å². The van der Waals surface area contributed by atoms with Crippen LogP contribution in [0.15, 0.2) is 12.4 Å². The normalized spacial score (nSPS) is 23.1. The number of nitrogens with one attached hydrogen (secondary N) is 2. The van der Waals surface area contributed by atoms with Crippen molar-refractivity contribution in [3.63, 3.8) is 0 Å². The molecule has 2 fully saturated rings. The third-order valence-corrected chi connectivity index (χ3v) is 4.80. The third kappa shape index (κ3) is 4.22. The first-order chi connectivity index (χ1) is 11.2. The minimum atomic E-state index is -0.444. The minimum absolute atomic E-state index is 0.00367. The van der Waals surface area contributed by atoms with Crippen LogP contribution >= 0.6 is 0 Å². The molecule has 1 saturated carbocycles. The van der Waals surface area contributed by atoms with Crippen LogP contribution < -0.4 is 10.6 Å². The predicted molar refractivity (Wildman–Crippen MR) is 83.7 cm³/mol. The van der Waals surface area contributed by atoms with Crippen molar-refractivity contribution >= 4 is 6.03 Å². The molecule has 1 aliphatic heterocycles. The van der Waals surface area contributed by atoms with Crippen molar-refractivity contribution in [2.75, 3.05) is 13.3 Å². The first kappa shape index (κ1) is 16.2. The average molecular weight is 324 g/mol. The zero-order valence-corrected chi connectivity index (χ0v) is 13.4. The molecule has 7 heteroatoms. The van der Waals surface area contributed by atoms with Crippen molar-refractivity contribution in [2.45, 2.75) is 63.3 Å². The first-order valence-electron chi connectivity index (χ1n) is 8.45. The summed E-state index contributed by atoms with van der Waals surface area (Å²) in [5.41, 5.74) is 0.872. The fraction of sp³-hybridized carbons (Fsp3) is 0.750. The Morgan fingerprint density at radius 1 is 1.48 bits per heavy atom. The number of rotatable bonds is 5. The monoisotopic (exact) mass is 324 g/mol. The first-order valence-corrected chi connectivity index (χ1v) is 8.45. The smallest absolute Gasteiger partial charge is 0.315 e. The van der Waals surface area contributed by atoms with E-state index in [1.807, 2.05) is 0 Å². The number of aryl methyl sites for hydroxylation is 1. The van der Waals surface area contributed by atoms with Gasteiger partial charge in [0, 0.05) is 31.0 Å². The molecule has 0 aromatic carbocycles. The van der Waals surface area contributed by atoms with Crippen molar-refractivity contribution in [2.24, 2.45) is 0 Å². The molecule has 0 bridgehead atoms. The molecule has 1 spiro atoms. The number of urea groups is 1. The number of hydrogen-bond donors (Lipinski definition) is 2. The second-order valence-electron chi connectivity index (χ2n) is 6.56. The molecular weight excluding hydrogens is 299 g/mol. The standard InChI is InChI=1S/C16H25FN4O2/c17-6-7-21-12-13(11-19-21)10-18-15(22)20-14-3-8-23-16(9-14)4-1-2-5-16/h11-12,14H,1-10H2,(H2,18,20,22). The number of halogens is 1. The van der Waals surface area contributed by atoms with Crippen LogP contribution in [0.25, 0.3) is 0 Å². The number of nitrogens with zero attached hydrogens (tertiary/aromatic N) is 2. The highest BCUT2D eigenvalue weighted by Gasteiger charge is 2.40. The fourth-order valence-corrected chi connectivity index (χ4v) is 3.64. The second-order valence-corrected chi connectivity index (χ2v) is 6.56. The van der Waals surface area contributed by atoms with Gasteiger partial charge in [0.05, 0.1) is 18.3 Å². The van der Waals surface area contributed by atoms with Crippen molar-refractivity contribution < 1.29 is 13.9 Å². The summed E-state index contributed by atoms with van der Waals surface area (Å²) in [5.74, 6) is 0. The number of carbonyl (C=O) groups is 1.